The first-order chi connectivity index (χ1) is 20.4. The van der Waals surface area contributed by atoms with E-state index in [-0.39, 0.29) is 18.0 Å². The molecule has 218 valence electrons. The maximum atomic E-state index is 14.0. The summed E-state index contributed by atoms with van der Waals surface area (Å²) in [4.78, 5) is 46.0. The van der Waals surface area contributed by atoms with Crippen LogP contribution in [-0.4, -0.2) is 89.0 Å². The van der Waals surface area contributed by atoms with E-state index in [2.05, 4.69) is 58.9 Å². The number of likely N-dealkylation sites (N-methyl/N-ethyl adjacent to an activating group) is 1. The van der Waals surface area contributed by atoms with Crippen LogP contribution in [-0.2, 0) is 17.9 Å². The van der Waals surface area contributed by atoms with Gasteiger partial charge in [-0.25, -0.2) is 9.78 Å². The van der Waals surface area contributed by atoms with Gasteiger partial charge in [-0.15, -0.1) is 0 Å². The molecule has 2 fully saturated rings. The fourth-order valence-electron chi connectivity index (χ4n) is 6.00. The molecular weight excluding hydrogens is 528 g/mol. The number of likely N-dealkylation sites (tertiary alicyclic amines) is 1. The zero-order chi connectivity index (χ0) is 29.2. The summed E-state index contributed by atoms with van der Waals surface area (Å²) in [7, 11) is 2.16. The molecule has 0 spiro atoms. The zero-order valence-corrected chi connectivity index (χ0v) is 24.4. The number of hydrogen-bond donors (Lipinski definition) is 1. The van der Waals surface area contributed by atoms with Crippen molar-refractivity contribution in [2.45, 2.75) is 32.5 Å². The van der Waals surface area contributed by atoms with Crippen molar-refractivity contribution in [3.63, 3.8) is 0 Å². The van der Waals surface area contributed by atoms with Gasteiger partial charge in [-0.2, -0.15) is 4.98 Å². The Morgan fingerprint density at radius 1 is 1.10 bits per heavy atom. The normalized spacial score (nSPS) is 19.2. The van der Waals surface area contributed by atoms with Crippen molar-refractivity contribution in [1.82, 2.24) is 24.7 Å². The van der Waals surface area contributed by atoms with Crippen molar-refractivity contribution in [2.24, 2.45) is 0 Å². The molecule has 0 aliphatic carbocycles. The number of carbonyl (C=O) groups excluding carboxylic acids is 2. The van der Waals surface area contributed by atoms with Gasteiger partial charge in [0.15, 0.2) is 0 Å². The number of aromatic nitrogens is 2. The second-order valence-corrected chi connectivity index (χ2v) is 11.4. The maximum Gasteiger partial charge on any atom is 0.326 e. The average molecular weight is 567 g/mol. The van der Waals surface area contributed by atoms with Crippen molar-refractivity contribution in [1.29, 1.82) is 0 Å². The van der Waals surface area contributed by atoms with Crippen molar-refractivity contribution in [3.05, 3.63) is 84.1 Å². The Labute approximate surface area is 247 Å². The first kappa shape index (κ1) is 27.7. The fraction of sp³-hybridized carbons (Fsp3) is 0.375. The summed E-state index contributed by atoms with van der Waals surface area (Å²) in [5.41, 5.74) is 5.18. The summed E-state index contributed by atoms with van der Waals surface area (Å²) >= 11 is 0. The highest BCUT2D eigenvalue weighted by molar-refractivity contribution is 5.95. The summed E-state index contributed by atoms with van der Waals surface area (Å²) < 4.78 is 0. The predicted octanol–water partition coefficient (Wildman–Crippen LogP) is 4.01. The molecule has 2 saturated heterocycles. The summed E-state index contributed by atoms with van der Waals surface area (Å²) in [5.74, 6) is 0.922. The van der Waals surface area contributed by atoms with E-state index in [1.165, 1.54) is 11.8 Å². The smallest absolute Gasteiger partial charge is 0.326 e. The van der Waals surface area contributed by atoms with E-state index in [1.54, 1.807) is 9.80 Å². The minimum atomic E-state index is -0.189. The molecule has 0 bridgehead atoms. The van der Waals surface area contributed by atoms with Gasteiger partial charge in [-0.1, -0.05) is 36.9 Å². The van der Waals surface area contributed by atoms with Crippen molar-refractivity contribution < 1.29 is 9.59 Å². The summed E-state index contributed by atoms with van der Waals surface area (Å²) in [5, 5.41) is 3.39. The van der Waals surface area contributed by atoms with E-state index in [0.29, 0.717) is 44.4 Å². The van der Waals surface area contributed by atoms with Gasteiger partial charge in [0, 0.05) is 68.9 Å². The number of rotatable bonds is 7. The van der Waals surface area contributed by atoms with Crippen molar-refractivity contribution in [3.8, 4) is 0 Å². The Hall–Kier alpha value is -4.44. The lowest BCUT2D eigenvalue weighted by molar-refractivity contribution is -0.125. The van der Waals surface area contributed by atoms with Gasteiger partial charge in [0.05, 0.1) is 12.6 Å². The monoisotopic (exact) mass is 566 g/mol. The highest BCUT2D eigenvalue weighted by Gasteiger charge is 2.40. The first-order valence-corrected chi connectivity index (χ1v) is 14.6. The van der Waals surface area contributed by atoms with Crippen LogP contribution >= 0.6 is 0 Å². The van der Waals surface area contributed by atoms with E-state index in [9.17, 15) is 9.59 Å². The molecule has 3 aromatic rings. The van der Waals surface area contributed by atoms with E-state index in [1.807, 2.05) is 41.4 Å². The third-order valence-electron chi connectivity index (χ3n) is 8.46. The third kappa shape index (κ3) is 5.67. The van der Waals surface area contributed by atoms with E-state index < -0.39 is 0 Å². The number of carbonyl (C=O) groups is 2. The number of aryl methyl sites for hydroxylation is 1. The average Bonchev–Trinajstić information content (AvgIpc) is 3.49. The summed E-state index contributed by atoms with van der Waals surface area (Å²) in [6.45, 7) is 11.8. The lowest BCUT2D eigenvalue weighted by Crippen LogP contribution is -2.52. The molecule has 0 saturated carbocycles. The minimum Gasteiger partial charge on any atom is -0.369 e. The number of urea groups is 1. The second-order valence-electron chi connectivity index (χ2n) is 11.4. The number of nitrogens with zero attached hydrogens (tertiary/aromatic N) is 7. The van der Waals surface area contributed by atoms with Crippen molar-refractivity contribution in [2.75, 3.05) is 61.4 Å². The molecule has 1 atom stereocenters. The highest BCUT2D eigenvalue weighted by Crippen LogP contribution is 2.34. The van der Waals surface area contributed by atoms with E-state index in [4.69, 9.17) is 4.98 Å². The fourth-order valence-corrected chi connectivity index (χ4v) is 6.00. The largest absolute Gasteiger partial charge is 0.369 e. The van der Waals surface area contributed by atoms with Crippen LogP contribution in [0.4, 0.5) is 27.9 Å². The van der Waals surface area contributed by atoms with Gasteiger partial charge in [-0.3, -0.25) is 9.69 Å². The predicted molar refractivity (Wildman–Crippen MR) is 165 cm³/mol. The van der Waals surface area contributed by atoms with Crippen molar-refractivity contribution >= 4 is 35.1 Å². The highest BCUT2D eigenvalue weighted by atomic mass is 16.2. The van der Waals surface area contributed by atoms with Gasteiger partial charge in [0.2, 0.25) is 11.9 Å². The number of fused-ring (bicyclic) bond motifs is 1. The molecule has 10 nitrogen and oxygen atoms in total. The molecule has 3 aliphatic rings. The Bertz CT molecular complexity index is 1470. The van der Waals surface area contributed by atoms with Crippen LogP contribution in [0, 0.1) is 6.92 Å². The number of benzene rings is 2. The zero-order valence-electron chi connectivity index (χ0n) is 24.4. The molecule has 10 heteroatoms. The Kier molecular flexibility index (Phi) is 7.80. The van der Waals surface area contributed by atoms with Gasteiger partial charge >= 0.3 is 6.03 Å². The third-order valence-corrected chi connectivity index (χ3v) is 8.46. The number of hydrogen-bond acceptors (Lipinski definition) is 7. The topological polar surface area (TPSA) is 88.1 Å². The summed E-state index contributed by atoms with van der Waals surface area (Å²) in [6, 6.07) is 16.1. The molecule has 3 aliphatic heterocycles. The number of amides is 3. The van der Waals surface area contributed by atoms with Crippen LogP contribution in [0.2, 0.25) is 0 Å². The number of piperazine rings is 1. The quantitative estimate of drug-likeness (QED) is 0.433. The molecule has 2 aromatic carbocycles. The van der Waals surface area contributed by atoms with Gasteiger partial charge in [0.1, 0.15) is 5.82 Å². The minimum absolute atomic E-state index is 0.110. The molecule has 3 amide bonds. The van der Waals surface area contributed by atoms with Crippen LogP contribution in [0.25, 0.3) is 0 Å². The molecule has 1 N–H and O–H groups in total. The van der Waals surface area contributed by atoms with Crippen LogP contribution in [0.3, 0.4) is 0 Å². The standard InChI is InChI=1S/C32H38N8O2/c1-4-29(41)38-13-12-27(22-38)40-30-25(21-39(32(40)42)20-24-8-6-5-7-9-24)19-33-31(35-30)34-28-11-10-26(18-23(28)2)37-16-14-36(3)15-17-37/h4-11,18-19,27H,1,12-17,20-22H2,2-3H3,(H,33,34,35)/t27-/m0/s1. The SMILES string of the molecule is C=CC(=O)N1CC[C@H](N2C(=O)N(Cc3ccccc3)Cc3cnc(Nc4ccc(N5CCN(C)CC5)cc4C)nc32)C1. The van der Waals surface area contributed by atoms with Crippen LogP contribution < -0.4 is 15.1 Å². The molecule has 0 unspecified atom stereocenters. The number of nitrogens with one attached hydrogen (secondary N) is 1. The molecule has 0 radical (unpaired) electrons. The van der Waals surface area contributed by atoms with E-state index >= 15 is 0 Å². The lowest BCUT2D eigenvalue weighted by Gasteiger charge is -2.39. The number of anilines is 4. The summed E-state index contributed by atoms with van der Waals surface area (Å²) in [6.07, 6.45) is 3.82. The Morgan fingerprint density at radius 3 is 2.62 bits per heavy atom. The van der Waals surface area contributed by atoms with Gasteiger partial charge < -0.3 is 24.9 Å². The molecule has 1 aromatic heterocycles. The lowest BCUT2D eigenvalue weighted by atomic mass is 10.1. The van der Waals surface area contributed by atoms with Crippen LogP contribution in [0.1, 0.15) is 23.1 Å². The van der Waals surface area contributed by atoms with Gasteiger partial charge in [0.25, 0.3) is 0 Å². The Balaban J connectivity index is 1.26. The van der Waals surface area contributed by atoms with Gasteiger partial charge in [-0.05, 0) is 55.8 Å². The second kappa shape index (κ2) is 11.8. The van der Waals surface area contributed by atoms with Crippen LogP contribution in [0.15, 0.2) is 67.4 Å². The van der Waals surface area contributed by atoms with E-state index in [0.717, 1.165) is 48.6 Å². The Morgan fingerprint density at radius 2 is 1.88 bits per heavy atom. The molecule has 42 heavy (non-hydrogen) atoms. The molecular formula is C32H38N8O2. The van der Waals surface area contributed by atoms with Crippen LogP contribution in [0.5, 0.6) is 0 Å². The molecule has 6 rings (SSSR count). The first-order valence-electron chi connectivity index (χ1n) is 14.6. The molecule has 4 heterocycles. The maximum absolute atomic E-state index is 14.0.